The molecule has 23 heavy (non-hydrogen) atoms. The van der Waals surface area contributed by atoms with Gasteiger partial charge in [0.2, 0.25) is 0 Å². The summed E-state index contributed by atoms with van der Waals surface area (Å²) in [4.78, 5) is 26.2. The van der Waals surface area contributed by atoms with Crippen molar-refractivity contribution in [1.82, 2.24) is 4.90 Å². The number of benzene rings is 2. The first-order valence-corrected chi connectivity index (χ1v) is 7.95. The Balaban J connectivity index is 1.83. The average Bonchev–Trinajstić information content (AvgIpc) is 2.80. The third kappa shape index (κ3) is 3.29. The molecule has 0 unspecified atom stereocenters. The predicted octanol–water partition coefficient (Wildman–Crippen LogP) is 3.94. The number of phenols is 1. The van der Waals surface area contributed by atoms with Gasteiger partial charge < -0.3 is 5.11 Å². The lowest BCUT2D eigenvalue weighted by molar-refractivity contribution is -0.123. The number of carbonyl (C=O) groups is 2. The SMILES string of the molecule is Cc1cc(/C=C2\SC(=O)N(Cc3ccccc3)C2=O)ccc1O. The first-order valence-electron chi connectivity index (χ1n) is 7.13. The zero-order valence-electron chi connectivity index (χ0n) is 12.5. The number of amides is 2. The van der Waals surface area contributed by atoms with Crippen molar-refractivity contribution in [1.29, 1.82) is 0 Å². The number of carbonyl (C=O) groups excluding carboxylic acids is 2. The molecule has 0 spiro atoms. The molecular formula is C18H15NO3S. The van der Waals surface area contributed by atoms with Crippen LogP contribution >= 0.6 is 11.8 Å². The Morgan fingerprint density at radius 1 is 1.13 bits per heavy atom. The van der Waals surface area contributed by atoms with E-state index in [1.54, 1.807) is 31.2 Å². The molecule has 3 rings (SSSR count). The quantitative estimate of drug-likeness (QED) is 0.869. The number of aromatic hydroxyl groups is 1. The highest BCUT2D eigenvalue weighted by atomic mass is 32.2. The van der Waals surface area contributed by atoms with E-state index in [1.165, 1.54) is 4.90 Å². The molecule has 0 aromatic heterocycles. The van der Waals surface area contributed by atoms with Crippen LogP contribution in [0.2, 0.25) is 0 Å². The number of rotatable bonds is 3. The molecule has 0 radical (unpaired) electrons. The van der Waals surface area contributed by atoms with Crippen molar-refractivity contribution in [3.05, 3.63) is 70.1 Å². The highest BCUT2D eigenvalue weighted by Gasteiger charge is 2.34. The van der Waals surface area contributed by atoms with Gasteiger partial charge in [0.1, 0.15) is 5.75 Å². The van der Waals surface area contributed by atoms with E-state index in [-0.39, 0.29) is 23.4 Å². The zero-order chi connectivity index (χ0) is 16.4. The van der Waals surface area contributed by atoms with Crippen molar-refractivity contribution in [2.75, 3.05) is 0 Å². The number of imide groups is 1. The molecule has 1 aliphatic heterocycles. The normalized spacial score (nSPS) is 16.4. The molecule has 1 fully saturated rings. The standard InChI is InChI=1S/C18H15NO3S/c1-12-9-14(7-8-15(12)20)10-16-17(21)19(18(22)23-16)11-13-5-3-2-4-6-13/h2-10,20H,11H2,1H3/b16-10-. The van der Waals surface area contributed by atoms with Crippen molar-refractivity contribution in [2.24, 2.45) is 0 Å². The van der Waals surface area contributed by atoms with Gasteiger partial charge in [-0.1, -0.05) is 36.4 Å². The van der Waals surface area contributed by atoms with Crippen molar-refractivity contribution >= 4 is 29.0 Å². The minimum Gasteiger partial charge on any atom is -0.508 e. The first kappa shape index (κ1) is 15.4. The van der Waals surface area contributed by atoms with Crippen LogP contribution in [-0.4, -0.2) is 21.2 Å². The van der Waals surface area contributed by atoms with Gasteiger partial charge in [0.25, 0.3) is 11.1 Å². The highest BCUT2D eigenvalue weighted by Crippen LogP contribution is 2.33. The highest BCUT2D eigenvalue weighted by molar-refractivity contribution is 8.18. The van der Waals surface area contributed by atoms with Crippen LogP contribution in [-0.2, 0) is 11.3 Å². The van der Waals surface area contributed by atoms with Crippen LogP contribution in [0, 0.1) is 6.92 Å². The monoisotopic (exact) mass is 325 g/mol. The van der Waals surface area contributed by atoms with E-state index in [0.29, 0.717) is 4.91 Å². The first-order chi connectivity index (χ1) is 11.0. The smallest absolute Gasteiger partial charge is 0.293 e. The van der Waals surface area contributed by atoms with Gasteiger partial charge in [0.15, 0.2) is 0 Å². The number of hydrogen-bond acceptors (Lipinski definition) is 4. The van der Waals surface area contributed by atoms with Crippen molar-refractivity contribution < 1.29 is 14.7 Å². The Bertz CT molecular complexity index is 799. The van der Waals surface area contributed by atoms with Crippen LogP contribution in [0.15, 0.2) is 53.4 Å². The Morgan fingerprint density at radius 2 is 1.87 bits per heavy atom. The second kappa shape index (κ2) is 6.30. The predicted molar refractivity (Wildman–Crippen MR) is 90.8 cm³/mol. The van der Waals surface area contributed by atoms with Gasteiger partial charge in [-0.3, -0.25) is 14.5 Å². The lowest BCUT2D eigenvalue weighted by Crippen LogP contribution is -2.27. The van der Waals surface area contributed by atoms with E-state index in [0.717, 1.165) is 28.5 Å². The van der Waals surface area contributed by atoms with E-state index in [2.05, 4.69) is 0 Å². The molecular weight excluding hydrogens is 310 g/mol. The maximum atomic E-state index is 12.4. The van der Waals surface area contributed by atoms with Crippen LogP contribution in [0.3, 0.4) is 0 Å². The second-order valence-electron chi connectivity index (χ2n) is 5.30. The summed E-state index contributed by atoms with van der Waals surface area (Å²) >= 11 is 0.942. The largest absolute Gasteiger partial charge is 0.508 e. The average molecular weight is 325 g/mol. The van der Waals surface area contributed by atoms with Crippen LogP contribution in [0.1, 0.15) is 16.7 Å². The minimum absolute atomic E-state index is 0.208. The van der Waals surface area contributed by atoms with E-state index in [4.69, 9.17) is 0 Å². The number of nitrogens with zero attached hydrogens (tertiary/aromatic N) is 1. The van der Waals surface area contributed by atoms with Gasteiger partial charge >= 0.3 is 0 Å². The van der Waals surface area contributed by atoms with E-state index in [1.807, 2.05) is 30.3 Å². The van der Waals surface area contributed by atoms with E-state index >= 15 is 0 Å². The van der Waals surface area contributed by atoms with Crippen LogP contribution in [0.25, 0.3) is 6.08 Å². The van der Waals surface area contributed by atoms with Crippen LogP contribution in [0.5, 0.6) is 5.75 Å². The van der Waals surface area contributed by atoms with Crippen LogP contribution < -0.4 is 0 Å². The topological polar surface area (TPSA) is 57.6 Å². The van der Waals surface area contributed by atoms with Gasteiger partial charge in [-0.15, -0.1) is 0 Å². The third-order valence-corrected chi connectivity index (χ3v) is 4.48. The molecule has 2 aromatic carbocycles. The van der Waals surface area contributed by atoms with Gasteiger partial charge in [-0.05, 0) is 53.6 Å². The molecule has 0 atom stereocenters. The van der Waals surface area contributed by atoms with E-state index < -0.39 is 0 Å². The fraction of sp³-hybridized carbons (Fsp3) is 0.111. The molecule has 1 aliphatic rings. The number of hydrogen-bond donors (Lipinski definition) is 1. The zero-order valence-corrected chi connectivity index (χ0v) is 13.3. The summed E-state index contributed by atoms with van der Waals surface area (Å²) in [5, 5.41) is 9.29. The lowest BCUT2D eigenvalue weighted by Gasteiger charge is -2.12. The molecule has 1 saturated heterocycles. The van der Waals surface area contributed by atoms with Gasteiger partial charge in [0, 0.05) is 0 Å². The Labute approximate surface area is 138 Å². The molecule has 1 N–H and O–H groups in total. The second-order valence-corrected chi connectivity index (χ2v) is 6.29. The third-order valence-electron chi connectivity index (χ3n) is 3.58. The summed E-state index contributed by atoms with van der Waals surface area (Å²) in [6, 6.07) is 14.5. The summed E-state index contributed by atoms with van der Waals surface area (Å²) in [7, 11) is 0. The van der Waals surface area contributed by atoms with Gasteiger partial charge in [-0.2, -0.15) is 0 Å². The summed E-state index contributed by atoms with van der Waals surface area (Å²) in [5.74, 6) is -0.0751. The maximum Gasteiger partial charge on any atom is 0.293 e. The van der Waals surface area contributed by atoms with Crippen LogP contribution in [0.4, 0.5) is 4.79 Å². The number of phenolic OH excluding ortho intramolecular Hbond substituents is 1. The van der Waals surface area contributed by atoms with Crippen molar-refractivity contribution in [3.63, 3.8) is 0 Å². The Hall–Kier alpha value is -2.53. The fourth-order valence-corrected chi connectivity index (χ4v) is 3.16. The Kier molecular flexibility index (Phi) is 4.21. The molecule has 0 bridgehead atoms. The molecule has 116 valence electrons. The molecule has 4 nitrogen and oxygen atoms in total. The summed E-state index contributed by atoms with van der Waals surface area (Å²) in [5.41, 5.74) is 2.42. The minimum atomic E-state index is -0.283. The molecule has 2 amide bonds. The maximum absolute atomic E-state index is 12.4. The molecule has 1 heterocycles. The van der Waals surface area contributed by atoms with E-state index in [9.17, 15) is 14.7 Å². The summed E-state index contributed by atoms with van der Waals surface area (Å²) in [6.07, 6.45) is 1.68. The summed E-state index contributed by atoms with van der Waals surface area (Å²) < 4.78 is 0. The van der Waals surface area contributed by atoms with Gasteiger partial charge in [-0.25, -0.2) is 0 Å². The molecule has 0 aliphatic carbocycles. The fourth-order valence-electron chi connectivity index (χ4n) is 2.32. The lowest BCUT2D eigenvalue weighted by atomic mass is 10.1. The molecule has 2 aromatic rings. The van der Waals surface area contributed by atoms with Gasteiger partial charge in [0.05, 0.1) is 11.4 Å². The van der Waals surface area contributed by atoms with Crippen molar-refractivity contribution in [3.8, 4) is 5.75 Å². The summed E-state index contributed by atoms with van der Waals surface area (Å²) in [6.45, 7) is 2.06. The number of thioether (sulfide) groups is 1. The van der Waals surface area contributed by atoms with Crippen molar-refractivity contribution in [2.45, 2.75) is 13.5 Å². The number of aryl methyl sites for hydroxylation is 1. The molecule has 5 heteroatoms. The Morgan fingerprint density at radius 3 is 2.57 bits per heavy atom. The molecule has 0 saturated carbocycles.